The second-order valence-electron chi connectivity index (χ2n) is 4.36. The van der Waals surface area contributed by atoms with Crippen molar-refractivity contribution in [1.82, 2.24) is 10.4 Å². The molecule has 1 aromatic heterocycles. The van der Waals surface area contributed by atoms with Crippen LogP contribution in [0.3, 0.4) is 0 Å². The summed E-state index contributed by atoms with van der Waals surface area (Å²) in [5.41, 5.74) is 3.41. The number of hydrogen-bond acceptors (Lipinski definition) is 3. The molecule has 0 radical (unpaired) electrons. The smallest absolute Gasteiger partial charge is 0.422 e. The molecule has 0 saturated carbocycles. The first-order valence-corrected chi connectivity index (χ1v) is 4.68. The molecule has 0 aliphatic carbocycles. The van der Waals surface area contributed by atoms with Crippen LogP contribution in [0.25, 0.3) is 0 Å². The van der Waals surface area contributed by atoms with Gasteiger partial charge in [-0.2, -0.15) is 0 Å². The van der Waals surface area contributed by atoms with Gasteiger partial charge in [0.25, 0.3) is 0 Å². The van der Waals surface area contributed by atoms with Crippen LogP contribution in [-0.4, -0.2) is 21.7 Å². The molecule has 5 heteroatoms. The Labute approximate surface area is 88.7 Å². The van der Waals surface area contributed by atoms with Crippen molar-refractivity contribution in [3.8, 4) is 0 Å². The lowest BCUT2D eigenvalue weighted by molar-refractivity contribution is 0.0911. The highest BCUT2D eigenvalue weighted by atomic mass is 16.4. The van der Waals surface area contributed by atoms with E-state index in [-0.39, 0.29) is 12.1 Å². The van der Waals surface area contributed by atoms with Crippen molar-refractivity contribution in [2.45, 2.75) is 32.9 Å². The maximum absolute atomic E-state index is 10.9. The van der Waals surface area contributed by atoms with Crippen molar-refractivity contribution in [3.05, 3.63) is 24.2 Å². The van der Waals surface area contributed by atoms with Crippen LogP contribution >= 0.6 is 0 Å². The summed E-state index contributed by atoms with van der Waals surface area (Å²) >= 11 is 0. The minimum atomic E-state index is -1.01. The Morgan fingerprint density at radius 2 is 2.27 bits per heavy atom. The van der Waals surface area contributed by atoms with Crippen LogP contribution in [0, 0.1) is 0 Å². The fourth-order valence-electron chi connectivity index (χ4n) is 1.13. The molecule has 0 unspecified atom stereocenters. The predicted octanol–water partition coefficient (Wildman–Crippen LogP) is 2.06. The zero-order valence-corrected chi connectivity index (χ0v) is 9.15. The lowest BCUT2D eigenvalue weighted by atomic mass is 10.1. The first-order valence-electron chi connectivity index (χ1n) is 4.68. The summed E-state index contributed by atoms with van der Waals surface area (Å²) in [6.45, 7) is 5.97. The number of hydrazine groups is 1. The van der Waals surface area contributed by atoms with Gasteiger partial charge in [0.05, 0.1) is 19.1 Å². The first kappa shape index (κ1) is 11.6. The van der Waals surface area contributed by atoms with Gasteiger partial charge in [0.2, 0.25) is 0 Å². The van der Waals surface area contributed by atoms with Crippen molar-refractivity contribution in [2.75, 3.05) is 0 Å². The van der Waals surface area contributed by atoms with Gasteiger partial charge >= 0.3 is 6.09 Å². The van der Waals surface area contributed by atoms with Gasteiger partial charge in [-0.25, -0.2) is 15.2 Å². The van der Waals surface area contributed by atoms with Crippen LogP contribution in [0.2, 0.25) is 0 Å². The Kier molecular flexibility index (Phi) is 3.36. The number of amides is 1. The molecule has 1 aromatic rings. The van der Waals surface area contributed by atoms with Crippen molar-refractivity contribution < 1.29 is 14.3 Å². The van der Waals surface area contributed by atoms with E-state index in [1.165, 1.54) is 12.5 Å². The topological polar surface area (TPSA) is 65.7 Å². The fourth-order valence-corrected chi connectivity index (χ4v) is 1.13. The molecular formula is C10H16N2O3. The summed E-state index contributed by atoms with van der Waals surface area (Å²) in [5, 5.41) is 10.1. The Morgan fingerprint density at radius 3 is 2.67 bits per heavy atom. The Morgan fingerprint density at radius 1 is 1.60 bits per heavy atom. The number of carboxylic acid groups (broad SMARTS) is 1. The molecule has 0 spiro atoms. The van der Waals surface area contributed by atoms with Gasteiger partial charge in [0.1, 0.15) is 0 Å². The van der Waals surface area contributed by atoms with E-state index in [1.807, 2.05) is 20.8 Å². The lowest BCUT2D eigenvalue weighted by Crippen LogP contribution is -2.51. The molecule has 15 heavy (non-hydrogen) atoms. The largest absolute Gasteiger partial charge is 0.472 e. The van der Waals surface area contributed by atoms with Crippen molar-refractivity contribution in [2.24, 2.45) is 0 Å². The third-order valence-corrected chi connectivity index (χ3v) is 1.62. The molecule has 1 rings (SSSR count). The van der Waals surface area contributed by atoms with E-state index in [1.54, 1.807) is 6.07 Å². The zero-order valence-electron chi connectivity index (χ0n) is 9.15. The number of hydrogen-bond donors (Lipinski definition) is 2. The van der Waals surface area contributed by atoms with Gasteiger partial charge in [-0.1, -0.05) is 0 Å². The molecule has 1 amide bonds. The van der Waals surface area contributed by atoms with Crippen molar-refractivity contribution in [1.29, 1.82) is 0 Å². The summed E-state index contributed by atoms with van der Waals surface area (Å²) in [4.78, 5) is 10.9. The second-order valence-corrected chi connectivity index (χ2v) is 4.36. The fraction of sp³-hybridized carbons (Fsp3) is 0.500. The lowest BCUT2D eigenvalue weighted by Gasteiger charge is -2.29. The predicted molar refractivity (Wildman–Crippen MR) is 55.2 cm³/mol. The van der Waals surface area contributed by atoms with E-state index in [9.17, 15) is 4.79 Å². The number of nitrogens with one attached hydrogen (secondary N) is 1. The second kappa shape index (κ2) is 4.35. The highest BCUT2D eigenvalue weighted by molar-refractivity contribution is 5.64. The normalized spacial score (nSPS) is 11.4. The first-order chi connectivity index (χ1) is 6.88. The molecule has 0 aliphatic heterocycles. The van der Waals surface area contributed by atoms with Gasteiger partial charge in [0, 0.05) is 11.1 Å². The standard InChI is InChI=1S/C10H16N2O3/c1-10(2,3)11-12(9(13)14)6-8-4-5-15-7-8/h4-5,7,11H,6H2,1-3H3,(H,13,14). The minimum Gasteiger partial charge on any atom is -0.472 e. The third kappa shape index (κ3) is 4.03. The molecule has 84 valence electrons. The molecular weight excluding hydrogens is 196 g/mol. The Hall–Kier alpha value is -1.49. The average Bonchev–Trinajstić information content (AvgIpc) is 2.52. The quantitative estimate of drug-likeness (QED) is 0.753. The molecule has 0 saturated heterocycles. The monoisotopic (exact) mass is 212 g/mol. The van der Waals surface area contributed by atoms with Crippen molar-refractivity contribution >= 4 is 6.09 Å². The van der Waals surface area contributed by atoms with E-state index in [2.05, 4.69) is 5.43 Å². The summed E-state index contributed by atoms with van der Waals surface area (Å²) < 4.78 is 4.88. The van der Waals surface area contributed by atoms with E-state index < -0.39 is 6.09 Å². The van der Waals surface area contributed by atoms with E-state index in [0.717, 1.165) is 10.6 Å². The molecule has 0 bridgehead atoms. The van der Waals surface area contributed by atoms with Crippen LogP contribution in [0.4, 0.5) is 4.79 Å². The van der Waals surface area contributed by atoms with Crippen LogP contribution in [0.5, 0.6) is 0 Å². The maximum Gasteiger partial charge on any atom is 0.422 e. The SMILES string of the molecule is CC(C)(C)NN(Cc1ccoc1)C(=O)O. The highest BCUT2D eigenvalue weighted by Crippen LogP contribution is 2.07. The summed E-state index contributed by atoms with van der Waals surface area (Å²) in [7, 11) is 0. The summed E-state index contributed by atoms with van der Waals surface area (Å²) in [6, 6.07) is 1.74. The molecule has 5 nitrogen and oxygen atoms in total. The van der Waals surface area contributed by atoms with Gasteiger partial charge < -0.3 is 9.52 Å². The molecule has 0 aromatic carbocycles. The highest BCUT2D eigenvalue weighted by Gasteiger charge is 2.19. The number of furan rings is 1. The summed E-state index contributed by atoms with van der Waals surface area (Å²) in [5.74, 6) is 0. The summed E-state index contributed by atoms with van der Waals surface area (Å²) in [6.07, 6.45) is 2.04. The third-order valence-electron chi connectivity index (χ3n) is 1.62. The Balaban J connectivity index is 2.63. The van der Waals surface area contributed by atoms with E-state index >= 15 is 0 Å². The molecule has 2 N–H and O–H groups in total. The molecule has 0 aliphatic rings. The molecule has 0 fully saturated rings. The maximum atomic E-state index is 10.9. The number of nitrogens with zero attached hydrogens (tertiary/aromatic N) is 1. The Bertz CT molecular complexity index is 314. The van der Waals surface area contributed by atoms with Crippen LogP contribution < -0.4 is 5.43 Å². The van der Waals surface area contributed by atoms with Crippen LogP contribution in [-0.2, 0) is 6.54 Å². The van der Waals surface area contributed by atoms with Gasteiger partial charge in [-0.15, -0.1) is 0 Å². The van der Waals surface area contributed by atoms with Crippen LogP contribution in [0.15, 0.2) is 23.0 Å². The van der Waals surface area contributed by atoms with Gasteiger partial charge in [-0.05, 0) is 26.8 Å². The van der Waals surface area contributed by atoms with Gasteiger partial charge in [-0.3, -0.25) is 0 Å². The van der Waals surface area contributed by atoms with Gasteiger partial charge in [0.15, 0.2) is 0 Å². The average molecular weight is 212 g/mol. The minimum absolute atomic E-state index is 0.267. The number of rotatable bonds is 3. The zero-order chi connectivity index (χ0) is 11.5. The van der Waals surface area contributed by atoms with E-state index in [4.69, 9.17) is 9.52 Å². The number of carbonyl (C=O) groups is 1. The molecule has 0 atom stereocenters. The van der Waals surface area contributed by atoms with Crippen LogP contribution in [0.1, 0.15) is 26.3 Å². The van der Waals surface area contributed by atoms with E-state index in [0.29, 0.717) is 0 Å². The van der Waals surface area contributed by atoms with Crippen molar-refractivity contribution in [3.63, 3.8) is 0 Å². The molecule has 1 heterocycles.